The zero-order chi connectivity index (χ0) is 16.0. The number of carbonyl (C=O) groups excluding carboxylic acids is 1. The molecule has 1 aromatic heterocycles. The molecular weight excluding hydrogens is 296 g/mol. The van der Waals surface area contributed by atoms with Crippen LogP contribution < -0.4 is 10.6 Å². The van der Waals surface area contributed by atoms with Gasteiger partial charge in [0.05, 0.1) is 12.1 Å². The van der Waals surface area contributed by atoms with Crippen LogP contribution in [0.15, 0.2) is 4.52 Å². The van der Waals surface area contributed by atoms with E-state index in [2.05, 4.69) is 20.8 Å². The van der Waals surface area contributed by atoms with Crippen molar-refractivity contribution in [2.24, 2.45) is 11.3 Å². The number of ether oxygens (including phenoxy) is 1. The van der Waals surface area contributed by atoms with E-state index in [1.807, 2.05) is 6.92 Å². The first-order valence-corrected chi connectivity index (χ1v) is 8.63. The number of nitrogens with one attached hydrogen (secondary N) is 2. The number of urea groups is 1. The summed E-state index contributed by atoms with van der Waals surface area (Å²) in [7, 11) is 0. The molecule has 3 fully saturated rings. The van der Waals surface area contributed by atoms with Crippen LogP contribution in [0.4, 0.5) is 4.79 Å². The quantitative estimate of drug-likeness (QED) is 0.886. The number of rotatable bonds is 4. The molecule has 1 aromatic rings. The van der Waals surface area contributed by atoms with Gasteiger partial charge in [0.1, 0.15) is 0 Å². The van der Waals surface area contributed by atoms with Gasteiger partial charge in [0, 0.05) is 30.9 Å². The molecule has 3 aliphatic rings. The zero-order valence-corrected chi connectivity index (χ0v) is 13.7. The molecule has 0 radical (unpaired) electrons. The van der Waals surface area contributed by atoms with Crippen molar-refractivity contribution in [1.82, 2.24) is 20.8 Å². The third kappa shape index (κ3) is 2.24. The Kier molecular flexibility index (Phi) is 3.55. The third-order valence-corrected chi connectivity index (χ3v) is 5.89. The number of hydrogen-bond donors (Lipinski definition) is 2. The summed E-state index contributed by atoms with van der Waals surface area (Å²) in [6.45, 7) is 4.57. The summed E-state index contributed by atoms with van der Waals surface area (Å²) in [6, 6.07) is -0.116. The summed E-state index contributed by atoms with van der Waals surface area (Å²) in [5.74, 6) is 1.53. The molecule has 0 bridgehead atoms. The van der Waals surface area contributed by atoms with E-state index in [1.165, 1.54) is 19.3 Å². The highest BCUT2D eigenvalue weighted by Gasteiger charge is 2.67. The van der Waals surface area contributed by atoms with Gasteiger partial charge in [-0.2, -0.15) is 4.98 Å². The highest BCUT2D eigenvalue weighted by atomic mass is 16.5. The van der Waals surface area contributed by atoms with Gasteiger partial charge in [-0.05, 0) is 25.7 Å². The number of nitrogens with zero attached hydrogens (tertiary/aromatic N) is 2. The Morgan fingerprint density at radius 2 is 2.30 bits per heavy atom. The average molecular weight is 320 g/mol. The minimum absolute atomic E-state index is 0.138. The van der Waals surface area contributed by atoms with Crippen LogP contribution in [0.3, 0.4) is 0 Å². The lowest BCUT2D eigenvalue weighted by Crippen LogP contribution is -2.72. The fourth-order valence-electron chi connectivity index (χ4n) is 4.60. The van der Waals surface area contributed by atoms with Gasteiger partial charge in [-0.3, -0.25) is 0 Å². The van der Waals surface area contributed by atoms with Gasteiger partial charge in [-0.25, -0.2) is 4.79 Å². The predicted octanol–water partition coefficient (Wildman–Crippen LogP) is 2.09. The third-order valence-electron chi connectivity index (χ3n) is 5.89. The van der Waals surface area contributed by atoms with Gasteiger partial charge in [0.2, 0.25) is 5.89 Å². The smallest absolute Gasteiger partial charge is 0.315 e. The van der Waals surface area contributed by atoms with E-state index < -0.39 is 0 Å². The number of aryl methyl sites for hydroxylation is 1. The van der Waals surface area contributed by atoms with Crippen molar-refractivity contribution in [3.8, 4) is 0 Å². The largest absolute Gasteiger partial charge is 0.377 e. The van der Waals surface area contributed by atoms with E-state index in [0.717, 1.165) is 19.4 Å². The number of aromatic nitrogens is 2. The molecule has 2 heterocycles. The van der Waals surface area contributed by atoms with Gasteiger partial charge in [-0.1, -0.05) is 18.5 Å². The molecule has 2 N–H and O–H groups in total. The van der Waals surface area contributed by atoms with Crippen LogP contribution in [0, 0.1) is 18.3 Å². The first-order chi connectivity index (χ1) is 11.1. The fourth-order valence-corrected chi connectivity index (χ4v) is 4.60. The van der Waals surface area contributed by atoms with Crippen LogP contribution in [0.5, 0.6) is 0 Å². The molecule has 126 valence electrons. The van der Waals surface area contributed by atoms with Crippen LogP contribution in [-0.2, 0) is 4.74 Å². The summed E-state index contributed by atoms with van der Waals surface area (Å²) < 4.78 is 10.9. The van der Waals surface area contributed by atoms with Crippen LogP contribution in [0.1, 0.15) is 56.8 Å². The van der Waals surface area contributed by atoms with E-state index in [9.17, 15) is 4.79 Å². The summed E-state index contributed by atoms with van der Waals surface area (Å²) in [6.07, 6.45) is 5.71. The molecule has 1 spiro atoms. The number of fused-ring (bicyclic) bond motifs is 2. The SMILES string of the molecule is CC[C@H](NC(=O)N[C@@H]1[C@@H]2CCO[C@H]2C12CCC2)c1noc(C)n1. The Balaban J connectivity index is 1.40. The molecule has 0 unspecified atom stereocenters. The van der Waals surface area contributed by atoms with Crippen LogP contribution in [0.2, 0.25) is 0 Å². The van der Waals surface area contributed by atoms with E-state index in [4.69, 9.17) is 9.26 Å². The summed E-state index contributed by atoms with van der Waals surface area (Å²) >= 11 is 0. The molecule has 1 aliphatic heterocycles. The highest BCUT2D eigenvalue weighted by molar-refractivity contribution is 5.75. The Morgan fingerprint density at radius 1 is 1.48 bits per heavy atom. The molecule has 2 amide bonds. The molecule has 1 saturated heterocycles. The first-order valence-electron chi connectivity index (χ1n) is 8.63. The Labute approximate surface area is 135 Å². The maximum absolute atomic E-state index is 12.5. The highest BCUT2D eigenvalue weighted by Crippen LogP contribution is 2.62. The lowest BCUT2D eigenvalue weighted by molar-refractivity contribution is -0.172. The number of amides is 2. The minimum atomic E-state index is -0.222. The Hall–Kier alpha value is -1.63. The number of carbonyl (C=O) groups is 1. The van der Waals surface area contributed by atoms with Crippen molar-refractivity contribution in [3.05, 3.63) is 11.7 Å². The van der Waals surface area contributed by atoms with Gasteiger partial charge < -0.3 is 19.9 Å². The maximum atomic E-state index is 12.5. The summed E-state index contributed by atoms with van der Waals surface area (Å²) in [5, 5.41) is 10.1. The second-order valence-corrected chi connectivity index (χ2v) is 7.06. The normalized spacial score (nSPS) is 31.8. The first kappa shape index (κ1) is 14.9. The molecule has 2 saturated carbocycles. The van der Waals surface area contributed by atoms with E-state index >= 15 is 0 Å². The predicted molar refractivity (Wildman–Crippen MR) is 81.7 cm³/mol. The average Bonchev–Trinajstić information content (AvgIpc) is 3.08. The van der Waals surface area contributed by atoms with E-state index in [0.29, 0.717) is 23.7 Å². The number of hydrogen-bond acceptors (Lipinski definition) is 5. The lowest BCUT2D eigenvalue weighted by atomic mass is 9.46. The monoisotopic (exact) mass is 320 g/mol. The van der Waals surface area contributed by atoms with E-state index in [-0.39, 0.29) is 23.5 Å². The topological polar surface area (TPSA) is 89.3 Å². The molecule has 7 nitrogen and oxygen atoms in total. The van der Waals surface area contributed by atoms with Gasteiger partial charge >= 0.3 is 6.03 Å². The van der Waals surface area contributed by atoms with Gasteiger partial charge in [-0.15, -0.1) is 0 Å². The molecule has 0 aromatic carbocycles. The van der Waals surface area contributed by atoms with Crippen molar-refractivity contribution in [3.63, 3.8) is 0 Å². The van der Waals surface area contributed by atoms with Crippen LogP contribution in [0.25, 0.3) is 0 Å². The molecule has 7 heteroatoms. The second-order valence-electron chi connectivity index (χ2n) is 7.06. The fraction of sp³-hybridized carbons (Fsp3) is 0.812. The molecule has 2 aliphatic carbocycles. The zero-order valence-electron chi connectivity index (χ0n) is 13.7. The standard InChI is InChI=1S/C16H24N4O3/c1-3-11(14-17-9(2)23-20-14)18-15(21)19-12-10-5-8-22-13(10)16(12)6-4-7-16/h10-13H,3-8H2,1-2H3,(H2,18,19,21)/t10-,11-,12+,13+/m0/s1. The van der Waals surface area contributed by atoms with Crippen molar-refractivity contribution >= 4 is 6.03 Å². The van der Waals surface area contributed by atoms with Crippen LogP contribution in [-0.4, -0.2) is 34.9 Å². The molecular formula is C16H24N4O3. The molecule has 4 atom stereocenters. The van der Waals surface area contributed by atoms with E-state index in [1.54, 1.807) is 6.92 Å². The van der Waals surface area contributed by atoms with Crippen molar-refractivity contribution in [1.29, 1.82) is 0 Å². The molecule has 4 rings (SSSR count). The summed E-state index contributed by atoms with van der Waals surface area (Å²) in [4.78, 5) is 16.7. The van der Waals surface area contributed by atoms with Gasteiger partial charge in [0.25, 0.3) is 0 Å². The maximum Gasteiger partial charge on any atom is 0.315 e. The lowest BCUT2D eigenvalue weighted by Gasteiger charge is -2.63. The second kappa shape index (κ2) is 5.47. The van der Waals surface area contributed by atoms with Crippen molar-refractivity contribution in [2.45, 2.75) is 64.1 Å². The minimum Gasteiger partial charge on any atom is -0.377 e. The Morgan fingerprint density at radius 3 is 2.91 bits per heavy atom. The van der Waals surface area contributed by atoms with Crippen LogP contribution >= 0.6 is 0 Å². The summed E-state index contributed by atoms with van der Waals surface area (Å²) in [5.41, 5.74) is 0.197. The Bertz CT molecular complexity index is 598. The van der Waals surface area contributed by atoms with Crippen molar-refractivity contribution in [2.75, 3.05) is 6.61 Å². The van der Waals surface area contributed by atoms with Gasteiger partial charge in [0.15, 0.2) is 5.82 Å². The van der Waals surface area contributed by atoms with Crippen molar-refractivity contribution < 1.29 is 14.1 Å². The molecule has 23 heavy (non-hydrogen) atoms.